The SMILES string of the molecule is COc1ccc(-n2c(CNc3cccc(Cl)c3)cnc2SC)cc1. The van der Waals surface area contributed by atoms with E-state index in [-0.39, 0.29) is 0 Å². The van der Waals surface area contributed by atoms with Gasteiger partial charge in [0.15, 0.2) is 5.16 Å². The van der Waals surface area contributed by atoms with Crippen LogP contribution in [0.3, 0.4) is 0 Å². The zero-order valence-electron chi connectivity index (χ0n) is 13.5. The van der Waals surface area contributed by atoms with E-state index in [1.54, 1.807) is 18.9 Å². The van der Waals surface area contributed by atoms with Crippen molar-refractivity contribution in [3.05, 3.63) is 65.4 Å². The fraction of sp³-hybridized carbons (Fsp3) is 0.167. The second kappa shape index (κ2) is 7.64. The van der Waals surface area contributed by atoms with Gasteiger partial charge in [0.25, 0.3) is 0 Å². The molecule has 0 aliphatic heterocycles. The number of methoxy groups -OCH3 is 1. The van der Waals surface area contributed by atoms with Gasteiger partial charge in [0.2, 0.25) is 0 Å². The maximum Gasteiger partial charge on any atom is 0.172 e. The highest BCUT2D eigenvalue weighted by atomic mass is 35.5. The van der Waals surface area contributed by atoms with Crippen molar-refractivity contribution in [2.24, 2.45) is 0 Å². The van der Waals surface area contributed by atoms with E-state index in [1.807, 2.05) is 61.0 Å². The number of halogens is 1. The van der Waals surface area contributed by atoms with Crippen molar-refractivity contribution in [2.45, 2.75) is 11.7 Å². The first-order chi connectivity index (χ1) is 11.7. The lowest BCUT2D eigenvalue weighted by atomic mass is 10.3. The van der Waals surface area contributed by atoms with Crippen molar-refractivity contribution >= 4 is 29.1 Å². The van der Waals surface area contributed by atoms with Crippen molar-refractivity contribution in [1.82, 2.24) is 9.55 Å². The number of ether oxygens (including phenoxy) is 1. The van der Waals surface area contributed by atoms with Crippen molar-refractivity contribution in [3.63, 3.8) is 0 Å². The van der Waals surface area contributed by atoms with Crippen LogP contribution in [0.5, 0.6) is 5.75 Å². The van der Waals surface area contributed by atoms with Crippen LogP contribution in [0.25, 0.3) is 5.69 Å². The molecule has 0 saturated carbocycles. The standard InChI is InChI=1S/C18H18ClN3OS/c1-23-17-8-6-15(7-9-17)22-16(12-21-18(22)24-2)11-20-14-5-3-4-13(19)10-14/h3-10,12,20H,11H2,1-2H3. The molecule has 0 aliphatic rings. The number of anilines is 1. The van der Waals surface area contributed by atoms with Gasteiger partial charge in [-0.2, -0.15) is 0 Å². The van der Waals surface area contributed by atoms with Crippen LogP contribution in [0.2, 0.25) is 5.02 Å². The molecule has 0 radical (unpaired) electrons. The van der Waals surface area contributed by atoms with Crippen LogP contribution in [0.15, 0.2) is 59.9 Å². The van der Waals surface area contributed by atoms with E-state index >= 15 is 0 Å². The molecule has 3 aromatic rings. The van der Waals surface area contributed by atoms with E-state index in [4.69, 9.17) is 16.3 Å². The number of nitrogens with one attached hydrogen (secondary N) is 1. The third kappa shape index (κ3) is 3.68. The number of thioether (sulfide) groups is 1. The molecule has 1 aromatic heterocycles. The Bertz CT molecular complexity index is 817. The van der Waals surface area contributed by atoms with E-state index in [0.717, 1.165) is 28.0 Å². The normalized spacial score (nSPS) is 10.6. The van der Waals surface area contributed by atoms with Gasteiger partial charge in [-0.15, -0.1) is 0 Å². The van der Waals surface area contributed by atoms with E-state index in [0.29, 0.717) is 11.6 Å². The first kappa shape index (κ1) is 16.7. The molecule has 1 heterocycles. The number of benzene rings is 2. The maximum atomic E-state index is 6.04. The van der Waals surface area contributed by atoms with Gasteiger partial charge in [-0.3, -0.25) is 4.57 Å². The molecular weight excluding hydrogens is 342 g/mol. The fourth-order valence-electron chi connectivity index (χ4n) is 2.44. The summed E-state index contributed by atoms with van der Waals surface area (Å²) in [6.07, 6.45) is 3.92. The van der Waals surface area contributed by atoms with Crippen LogP contribution >= 0.6 is 23.4 Å². The van der Waals surface area contributed by atoms with Crippen molar-refractivity contribution in [1.29, 1.82) is 0 Å². The third-order valence-electron chi connectivity index (χ3n) is 3.61. The molecule has 0 spiro atoms. The number of rotatable bonds is 6. The van der Waals surface area contributed by atoms with Crippen molar-refractivity contribution in [2.75, 3.05) is 18.7 Å². The molecule has 0 unspecified atom stereocenters. The Morgan fingerprint density at radius 3 is 2.67 bits per heavy atom. The van der Waals surface area contributed by atoms with Crippen LogP contribution in [0.4, 0.5) is 5.69 Å². The molecule has 0 saturated heterocycles. The Morgan fingerprint density at radius 2 is 2.00 bits per heavy atom. The monoisotopic (exact) mass is 359 g/mol. The van der Waals surface area contributed by atoms with E-state index < -0.39 is 0 Å². The average molecular weight is 360 g/mol. The Labute approximate surface area is 150 Å². The highest BCUT2D eigenvalue weighted by molar-refractivity contribution is 7.98. The van der Waals surface area contributed by atoms with Crippen LogP contribution in [-0.2, 0) is 6.54 Å². The molecule has 124 valence electrons. The predicted octanol–water partition coefficient (Wildman–Crippen LogP) is 4.87. The van der Waals surface area contributed by atoms with Crippen LogP contribution < -0.4 is 10.1 Å². The molecule has 3 rings (SSSR count). The molecule has 6 heteroatoms. The Balaban J connectivity index is 1.87. The molecule has 4 nitrogen and oxygen atoms in total. The number of aromatic nitrogens is 2. The Kier molecular flexibility index (Phi) is 5.33. The Hall–Kier alpha value is -2.11. The zero-order valence-corrected chi connectivity index (χ0v) is 15.1. The maximum absolute atomic E-state index is 6.04. The summed E-state index contributed by atoms with van der Waals surface area (Å²) in [6.45, 7) is 0.653. The van der Waals surface area contributed by atoms with Crippen molar-refractivity contribution in [3.8, 4) is 11.4 Å². The van der Waals surface area contributed by atoms with Gasteiger partial charge in [0, 0.05) is 16.4 Å². The van der Waals surface area contributed by atoms with Gasteiger partial charge in [0.1, 0.15) is 5.75 Å². The van der Waals surface area contributed by atoms with Gasteiger partial charge in [-0.1, -0.05) is 29.4 Å². The lowest BCUT2D eigenvalue weighted by Gasteiger charge is -2.13. The zero-order chi connectivity index (χ0) is 16.9. The molecule has 24 heavy (non-hydrogen) atoms. The topological polar surface area (TPSA) is 39.1 Å². The first-order valence-corrected chi connectivity index (χ1v) is 9.06. The molecule has 0 bridgehead atoms. The molecule has 0 amide bonds. The summed E-state index contributed by atoms with van der Waals surface area (Å²) >= 11 is 7.65. The van der Waals surface area contributed by atoms with E-state index in [1.165, 1.54) is 0 Å². The van der Waals surface area contributed by atoms with Gasteiger partial charge in [0.05, 0.1) is 25.5 Å². The number of nitrogens with zero attached hydrogens (tertiary/aromatic N) is 2. The average Bonchev–Trinajstić information content (AvgIpc) is 3.03. The predicted molar refractivity (Wildman–Crippen MR) is 101 cm³/mol. The molecular formula is C18H18ClN3OS. The fourth-order valence-corrected chi connectivity index (χ4v) is 3.19. The summed E-state index contributed by atoms with van der Waals surface area (Å²) in [5, 5.41) is 5.06. The van der Waals surface area contributed by atoms with Gasteiger partial charge in [-0.25, -0.2) is 4.98 Å². The highest BCUT2D eigenvalue weighted by Crippen LogP contribution is 2.24. The number of hydrogen-bond acceptors (Lipinski definition) is 4. The second-order valence-electron chi connectivity index (χ2n) is 5.13. The highest BCUT2D eigenvalue weighted by Gasteiger charge is 2.11. The quantitative estimate of drug-likeness (QED) is 0.637. The van der Waals surface area contributed by atoms with E-state index in [2.05, 4.69) is 14.9 Å². The minimum absolute atomic E-state index is 0.653. The lowest BCUT2D eigenvalue weighted by Crippen LogP contribution is -2.07. The van der Waals surface area contributed by atoms with Gasteiger partial charge in [-0.05, 0) is 48.7 Å². The number of imidazole rings is 1. The van der Waals surface area contributed by atoms with Crippen LogP contribution in [0.1, 0.15) is 5.69 Å². The van der Waals surface area contributed by atoms with Gasteiger partial charge >= 0.3 is 0 Å². The summed E-state index contributed by atoms with van der Waals surface area (Å²) in [7, 11) is 1.67. The molecule has 1 N–H and O–H groups in total. The van der Waals surface area contributed by atoms with Crippen molar-refractivity contribution < 1.29 is 4.74 Å². The second-order valence-corrected chi connectivity index (χ2v) is 6.34. The van der Waals surface area contributed by atoms with Crippen LogP contribution in [-0.4, -0.2) is 22.9 Å². The summed E-state index contributed by atoms with van der Waals surface area (Å²) in [6, 6.07) is 15.7. The molecule has 0 fully saturated rings. The molecule has 2 aromatic carbocycles. The largest absolute Gasteiger partial charge is 0.497 e. The minimum atomic E-state index is 0.653. The van der Waals surface area contributed by atoms with Gasteiger partial charge < -0.3 is 10.1 Å². The Morgan fingerprint density at radius 1 is 1.21 bits per heavy atom. The van der Waals surface area contributed by atoms with Crippen LogP contribution in [0, 0.1) is 0 Å². The minimum Gasteiger partial charge on any atom is -0.497 e. The smallest absolute Gasteiger partial charge is 0.172 e. The molecule has 0 aliphatic carbocycles. The first-order valence-electron chi connectivity index (χ1n) is 7.45. The number of hydrogen-bond donors (Lipinski definition) is 1. The summed E-state index contributed by atoms with van der Waals surface area (Å²) in [4.78, 5) is 4.51. The molecule has 0 atom stereocenters. The summed E-state index contributed by atoms with van der Waals surface area (Å²) in [5.41, 5.74) is 3.11. The van der Waals surface area contributed by atoms with E-state index in [9.17, 15) is 0 Å². The summed E-state index contributed by atoms with van der Waals surface area (Å²) in [5.74, 6) is 0.836. The third-order valence-corrected chi connectivity index (χ3v) is 4.50. The summed E-state index contributed by atoms with van der Waals surface area (Å²) < 4.78 is 7.38. The lowest BCUT2D eigenvalue weighted by molar-refractivity contribution is 0.414.